The van der Waals surface area contributed by atoms with Crippen molar-refractivity contribution in [3.63, 3.8) is 0 Å². The summed E-state index contributed by atoms with van der Waals surface area (Å²) in [5.41, 5.74) is 26.3. The number of nitrogens with zero attached hydrogens (tertiary/aromatic N) is 18. The summed E-state index contributed by atoms with van der Waals surface area (Å²) in [6.07, 6.45) is 22.0. The van der Waals surface area contributed by atoms with E-state index in [0.717, 1.165) is 77.3 Å². The van der Waals surface area contributed by atoms with Crippen LogP contribution in [0.25, 0.3) is 87.7 Å². The third kappa shape index (κ3) is 22.0. The lowest BCUT2D eigenvalue weighted by atomic mass is 10.1. The Morgan fingerprint density at radius 1 is 0.655 bits per heavy atom. The van der Waals surface area contributed by atoms with Crippen molar-refractivity contribution in [2.75, 3.05) is 18.1 Å². The van der Waals surface area contributed by atoms with Gasteiger partial charge >= 0.3 is 0 Å². The number of para-hydroxylation sites is 5. The van der Waals surface area contributed by atoms with Crippen molar-refractivity contribution >= 4 is 129 Å². The number of allylic oxidation sites excluding steroid dienone is 2. The molecular weight excluding hydrogens is 1530 g/mol. The number of H-pyrrole nitrogens is 1. The van der Waals surface area contributed by atoms with E-state index in [2.05, 4.69) is 151 Å². The molecule has 9 aromatic heterocycles. The van der Waals surface area contributed by atoms with Crippen LogP contribution in [0, 0.1) is 11.6 Å². The summed E-state index contributed by atoms with van der Waals surface area (Å²) in [4.78, 5) is 54.2. The molecule has 32 heteroatoms. The van der Waals surface area contributed by atoms with E-state index in [1.54, 1.807) is 100 Å². The van der Waals surface area contributed by atoms with E-state index in [1.807, 2.05) is 142 Å². The molecule has 12 heterocycles. The van der Waals surface area contributed by atoms with Gasteiger partial charge in [-0.15, -0.1) is 5.10 Å². The molecular formula is C87H83ClF2N24O5. The first kappa shape index (κ1) is 82.2. The number of imidazole rings is 1. The first-order valence-corrected chi connectivity index (χ1v) is 38.1. The predicted molar refractivity (Wildman–Crippen MR) is 458 cm³/mol. The molecule has 18 aromatic rings. The summed E-state index contributed by atoms with van der Waals surface area (Å²) in [5, 5.41) is 50.5. The average Bonchev–Trinajstić information content (AvgIpc) is 1.65. The number of aromatic amines is 1. The zero-order valence-corrected chi connectivity index (χ0v) is 66.1. The number of pyridine rings is 1. The van der Waals surface area contributed by atoms with E-state index in [4.69, 9.17) is 27.0 Å². The highest BCUT2D eigenvalue weighted by Gasteiger charge is 2.26. The minimum absolute atomic E-state index is 0.0134. The standard InChI is InChI=1S/2C10H10N2.C8H6ClNO.C8H5FN2.2C8H8N2O.C7H6FN3.C7H7N3.C7H9N3.C7H6N2O.C7H8N2O/c1-2-4-10-8(3-1)7-12(11-10)9-5-6-9;1-2-4-10-8(3-1)7-11-12(10)9-5-6-9;9-6-2-1-5-3-8(11)10-7(5)4-6;9-7-1-2-8-6(3-7)4-10-5-11-8;1-10-7-5-3-2-4-6(7)8(11)9-10;11-6-10-5-9-7-3-1-2-4-8(7)10;1-11-7-4-5(8)2-3-6(7)9-10-11;1-10-8-6-4-2-3-5-7(6)9-10;1-5-6-3-2-4-8-7(6)10-9-5;8-7-5-3-1-2-4-6(5)10-9-7;1-8-7(10)6-4-2-3-5-9-6/h2*1-4,7,9H,5-6H2;1-2,4H,3H2,(H,10,11);1-5H;2-5H,1H3,(H,9,11);1-5,11H,6H2;2-4H,1H3;2-5H,1H3;2-4,7,9-10H,1H3;1-4H,(H2,8,9);2-5H,1H3,(H,8,10). The summed E-state index contributed by atoms with van der Waals surface area (Å²) in [7, 11) is 6.95. The zero-order valence-electron chi connectivity index (χ0n) is 65.3. The highest BCUT2D eigenvalue weighted by atomic mass is 35.5. The lowest BCUT2D eigenvalue weighted by Gasteiger charge is -2.07. The molecule has 602 valence electrons. The fourth-order valence-electron chi connectivity index (χ4n) is 12.3. The number of hydrogen-bond acceptors (Lipinski definition) is 20. The Hall–Kier alpha value is -14.8. The second kappa shape index (κ2) is 39.5. The minimum atomic E-state index is -0.261. The Kier molecular flexibility index (Phi) is 27.3. The number of hydrazine groups is 1. The number of halogens is 3. The molecule has 2 aliphatic carbocycles. The number of dihydropyridines is 1. The smallest absolute Gasteiger partial charge is 0.271 e. The molecule has 0 spiro atoms. The molecule has 8 N–H and O–H groups in total. The van der Waals surface area contributed by atoms with Crippen LogP contribution in [0.3, 0.4) is 0 Å². The van der Waals surface area contributed by atoms with Crippen molar-refractivity contribution in [2.24, 2.45) is 26.1 Å². The van der Waals surface area contributed by atoms with E-state index in [0.29, 0.717) is 46.1 Å². The number of rotatable bonds is 4. The maximum atomic E-state index is 12.6. The topological polar surface area (TPSA) is 358 Å². The van der Waals surface area contributed by atoms with E-state index in [1.165, 1.54) is 78.1 Å². The summed E-state index contributed by atoms with van der Waals surface area (Å²) >= 11 is 5.72. The molecule has 1 unspecified atom stereocenters. The Labute approximate surface area is 684 Å². The molecule has 0 bridgehead atoms. The number of fused-ring (bicyclic) bond motifs is 10. The Morgan fingerprint density at radius 3 is 2.02 bits per heavy atom. The third-order valence-corrected chi connectivity index (χ3v) is 18.8. The zero-order chi connectivity index (χ0) is 83.2. The number of aliphatic hydroxyl groups is 1. The predicted octanol–water partition coefficient (Wildman–Crippen LogP) is 14.5. The molecule has 0 saturated heterocycles. The normalized spacial score (nSPS) is 13.6. The van der Waals surface area contributed by atoms with Crippen LogP contribution in [0.5, 0.6) is 0 Å². The van der Waals surface area contributed by atoms with Crippen molar-refractivity contribution in [3.05, 3.63) is 318 Å². The van der Waals surface area contributed by atoms with Gasteiger partial charge in [-0.3, -0.25) is 43.5 Å². The van der Waals surface area contributed by atoms with Crippen molar-refractivity contribution in [1.82, 2.24) is 105 Å². The summed E-state index contributed by atoms with van der Waals surface area (Å²) in [6, 6.07) is 68.0. The second-order valence-corrected chi connectivity index (χ2v) is 27.6. The summed E-state index contributed by atoms with van der Waals surface area (Å²) in [6.45, 7) is 2.02. The lowest BCUT2D eigenvalue weighted by molar-refractivity contribution is -0.115. The molecule has 3 aliphatic heterocycles. The Balaban J connectivity index is 0.000000113. The van der Waals surface area contributed by atoms with Gasteiger partial charge in [-0.1, -0.05) is 125 Å². The summed E-state index contributed by atoms with van der Waals surface area (Å²) < 4.78 is 39.3. The number of nitrogen functional groups attached to an aromatic ring is 1. The van der Waals surface area contributed by atoms with Crippen molar-refractivity contribution < 1.29 is 28.0 Å². The molecule has 2 amide bonds. The number of carbonyl (C=O) groups excluding carboxylic acids is 2. The number of hydrogen-bond donors (Lipinski definition) is 7. The number of benzene rings is 9. The average molecular weight is 1620 g/mol. The van der Waals surface area contributed by atoms with Gasteiger partial charge in [0.25, 0.3) is 11.5 Å². The first-order valence-electron chi connectivity index (χ1n) is 37.7. The highest BCUT2D eigenvalue weighted by Crippen LogP contribution is 2.37. The number of carbonyl (C=O) groups is 2. The van der Waals surface area contributed by atoms with E-state index in [9.17, 15) is 23.2 Å². The Morgan fingerprint density at radius 2 is 1.32 bits per heavy atom. The van der Waals surface area contributed by atoms with Crippen LogP contribution < -0.4 is 32.8 Å². The number of aromatic nitrogens is 18. The molecule has 119 heavy (non-hydrogen) atoms. The van der Waals surface area contributed by atoms with Crippen LogP contribution >= 0.6 is 11.6 Å². The number of aryl methyl sites for hydroxylation is 3. The number of amides is 2. The Bertz CT molecular complexity index is 6550. The van der Waals surface area contributed by atoms with Gasteiger partial charge in [-0.05, 0) is 160 Å². The van der Waals surface area contributed by atoms with Gasteiger partial charge in [-0.2, -0.15) is 25.2 Å². The highest BCUT2D eigenvalue weighted by molar-refractivity contribution is 6.31. The quantitative estimate of drug-likeness (QED) is 0.0860. The van der Waals surface area contributed by atoms with E-state index < -0.39 is 0 Å². The summed E-state index contributed by atoms with van der Waals surface area (Å²) in [5.74, 6) is -0.173. The third-order valence-electron chi connectivity index (χ3n) is 18.6. The molecule has 2 fully saturated rings. The maximum Gasteiger partial charge on any atom is 0.271 e. The molecule has 9 aromatic carbocycles. The van der Waals surface area contributed by atoms with Gasteiger partial charge in [-0.25, -0.2) is 33.8 Å². The van der Waals surface area contributed by atoms with E-state index >= 15 is 0 Å². The molecule has 0 radical (unpaired) electrons. The van der Waals surface area contributed by atoms with Crippen LogP contribution in [-0.2, 0) is 39.1 Å². The van der Waals surface area contributed by atoms with Gasteiger partial charge in [0.05, 0.1) is 80.4 Å². The number of nitrogens with one attached hydrogen (secondary N) is 5. The fraction of sp³-hybridized carbons (Fsp3) is 0.161. The largest absolute Gasteiger partial charge is 0.380 e. The second-order valence-electron chi connectivity index (χ2n) is 27.2. The minimum Gasteiger partial charge on any atom is -0.380 e. The maximum absolute atomic E-state index is 12.6. The van der Waals surface area contributed by atoms with Crippen molar-refractivity contribution in [2.45, 2.75) is 64.0 Å². The van der Waals surface area contributed by atoms with E-state index in [-0.39, 0.29) is 41.9 Å². The fourth-order valence-corrected chi connectivity index (χ4v) is 12.4. The van der Waals surface area contributed by atoms with Gasteiger partial charge < -0.3 is 36.0 Å². The number of aliphatic hydroxyl groups excluding tert-OH is 1. The number of anilines is 2. The van der Waals surface area contributed by atoms with Crippen LogP contribution in [0.2, 0.25) is 5.02 Å². The number of aliphatic imine (C=N–C) groups is 1. The van der Waals surface area contributed by atoms with Gasteiger partial charge in [0, 0.05) is 97.2 Å². The molecule has 2 saturated carbocycles. The van der Waals surface area contributed by atoms with Gasteiger partial charge in [0.15, 0.2) is 11.4 Å². The lowest BCUT2D eigenvalue weighted by Crippen LogP contribution is -2.31. The van der Waals surface area contributed by atoms with Crippen LogP contribution in [0.4, 0.5) is 20.3 Å². The van der Waals surface area contributed by atoms with Crippen molar-refractivity contribution in [3.8, 4) is 0 Å². The monoisotopic (exact) mass is 1620 g/mol. The molecule has 5 aliphatic rings. The number of nitrogens with two attached hydrogens (primary N) is 1. The van der Waals surface area contributed by atoms with Crippen LogP contribution in [-0.4, -0.2) is 125 Å². The van der Waals surface area contributed by atoms with Crippen LogP contribution in [0.15, 0.2) is 294 Å². The van der Waals surface area contributed by atoms with Crippen LogP contribution in [0.1, 0.15) is 60.7 Å². The van der Waals surface area contributed by atoms with Gasteiger partial charge in [0.1, 0.15) is 53.1 Å². The SMILES string of the molecule is CC1=C2C=CC=NC2NN1.CNC(=O)c1ccccn1.Cn1[nH]c(=O)c2ccccc21.Cn1nc2ccccc2n1.Cn1nnc2ccc(F)cc21.Fc1ccc2ncncc2c1.Nc1noc2ccccc12.O=C1Cc2ccc(Cl)cc2N1.OCn1cnc2ccccc21.c1ccc2c(c1)cnn2C1CC1.c1ccc2nn(C3CC3)cc2c1. The molecule has 29 nitrogen and oxygen atoms in total. The molecule has 1 atom stereocenters. The molecule has 23 rings (SSSR count). The van der Waals surface area contributed by atoms with Crippen molar-refractivity contribution in [1.29, 1.82) is 0 Å². The first-order chi connectivity index (χ1) is 57.9. The van der Waals surface area contributed by atoms with Gasteiger partial charge in [0.2, 0.25) is 5.91 Å².